The molecule has 62 valence electrons. The average molecular weight is 176 g/mol. The quantitative estimate of drug-likeness (QED) is 0.614. The lowest BCUT2D eigenvalue weighted by molar-refractivity contribution is -0.180. The van der Waals surface area contributed by atoms with Gasteiger partial charge in [-0.25, -0.2) is 13.6 Å². The molecule has 0 aliphatic carbocycles. The summed E-state index contributed by atoms with van der Waals surface area (Å²) in [6.07, 6.45) is 0. The lowest BCUT2D eigenvalue weighted by Crippen LogP contribution is -1.86. The SMILES string of the molecule is CC(=O)OF.FCC(F)S. The standard InChI is InChI=1S/C2H4F2S.C2H3FO2/c3-1-2(4)5;1-2(4)5-3/h2,5H,1H2;1H3. The number of rotatable bonds is 1. The molecule has 1 unspecified atom stereocenters. The second-order valence-corrected chi connectivity index (χ2v) is 1.72. The van der Waals surface area contributed by atoms with Crippen LogP contribution >= 0.6 is 12.6 Å². The Hall–Kier alpha value is -0.390. The predicted octanol–water partition coefficient (Wildman–Crippen LogP) is 1.62. The summed E-state index contributed by atoms with van der Waals surface area (Å²) in [5.41, 5.74) is -1.59. The van der Waals surface area contributed by atoms with E-state index in [0.29, 0.717) is 0 Å². The van der Waals surface area contributed by atoms with Crippen molar-refractivity contribution in [1.82, 2.24) is 0 Å². The molecule has 0 radical (unpaired) electrons. The highest BCUT2D eigenvalue weighted by Crippen LogP contribution is 1.93. The Bertz CT molecular complexity index is 88.6. The third-order valence-electron chi connectivity index (χ3n) is 0.236. The van der Waals surface area contributed by atoms with E-state index in [1.165, 1.54) is 0 Å². The summed E-state index contributed by atoms with van der Waals surface area (Å²) >= 11 is 3.06. The molecule has 0 spiro atoms. The second kappa shape index (κ2) is 8.61. The molecule has 0 saturated heterocycles. The van der Waals surface area contributed by atoms with Crippen molar-refractivity contribution in [2.24, 2.45) is 0 Å². The molecule has 6 heteroatoms. The molecule has 10 heavy (non-hydrogen) atoms. The largest absolute Gasteiger partial charge is 0.345 e. The summed E-state index contributed by atoms with van der Waals surface area (Å²) in [6, 6.07) is 0. The molecule has 0 N–H and O–H groups in total. The van der Waals surface area contributed by atoms with Crippen molar-refractivity contribution in [2.75, 3.05) is 6.67 Å². The zero-order chi connectivity index (χ0) is 8.57. The molecule has 0 aliphatic heterocycles. The van der Waals surface area contributed by atoms with E-state index in [-0.39, 0.29) is 0 Å². The van der Waals surface area contributed by atoms with E-state index < -0.39 is 18.1 Å². The van der Waals surface area contributed by atoms with Crippen LogP contribution in [-0.2, 0) is 9.74 Å². The number of alkyl halides is 2. The second-order valence-electron chi connectivity index (χ2n) is 1.16. The first kappa shape index (κ1) is 12.3. The van der Waals surface area contributed by atoms with Crippen LogP contribution in [0.4, 0.5) is 13.3 Å². The number of carbonyl (C=O) groups excluding carboxylic acids is 1. The molecule has 1 atom stereocenters. The molecule has 0 amide bonds. The van der Waals surface area contributed by atoms with Crippen molar-refractivity contribution in [1.29, 1.82) is 0 Å². The van der Waals surface area contributed by atoms with E-state index in [0.717, 1.165) is 6.92 Å². The van der Waals surface area contributed by atoms with Gasteiger partial charge in [0.15, 0.2) is 5.50 Å². The highest BCUT2D eigenvalue weighted by atomic mass is 32.1. The maximum Gasteiger partial charge on any atom is 0.345 e. The van der Waals surface area contributed by atoms with E-state index in [1.807, 2.05) is 0 Å². The van der Waals surface area contributed by atoms with Gasteiger partial charge in [0.05, 0.1) is 0 Å². The number of thiol groups is 1. The van der Waals surface area contributed by atoms with Gasteiger partial charge < -0.3 is 0 Å². The highest BCUT2D eigenvalue weighted by molar-refractivity contribution is 7.80. The Morgan fingerprint density at radius 2 is 2.00 bits per heavy atom. The molecule has 0 heterocycles. The average Bonchev–Trinajstić information content (AvgIpc) is 1.89. The zero-order valence-corrected chi connectivity index (χ0v) is 6.08. The molecule has 0 aromatic heterocycles. The van der Waals surface area contributed by atoms with Crippen LogP contribution in [-0.4, -0.2) is 18.1 Å². The molecule has 0 aromatic carbocycles. The Morgan fingerprint density at radius 3 is 2.00 bits per heavy atom. The van der Waals surface area contributed by atoms with Gasteiger partial charge in [0.1, 0.15) is 6.67 Å². The predicted molar refractivity (Wildman–Crippen MR) is 32.7 cm³/mol. The summed E-state index contributed by atoms with van der Waals surface area (Å²) in [7, 11) is 0. The van der Waals surface area contributed by atoms with E-state index in [9.17, 15) is 18.1 Å². The fourth-order valence-corrected chi connectivity index (χ4v) is 0. The molecule has 2 nitrogen and oxygen atoms in total. The van der Waals surface area contributed by atoms with Crippen LogP contribution in [0.1, 0.15) is 6.92 Å². The third-order valence-corrected chi connectivity index (χ3v) is 0.374. The summed E-state index contributed by atoms with van der Waals surface area (Å²) < 4.78 is 31.9. The fraction of sp³-hybridized carbons (Fsp3) is 0.750. The van der Waals surface area contributed by atoms with Crippen molar-refractivity contribution < 1.29 is 23.0 Å². The summed E-state index contributed by atoms with van der Waals surface area (Å²) in [5.74, 6) is -0.912. The highest BCUT2D eigenvalue weighted by Gasteiger charge is 1.90. The smallest absolute Gasteiger partial charge is 0.255 e. The molecule has 0 aliphatic rings. The van der Waals surface area contributed by atoms with Crippen LogP contribution < -0.4 is 0 Å². The third kappa shape index (κ3) is 25.5. The van der Waals surface area contributed by atoms with Gasteiger partial charge in [0.2, 0.25) is 0 Å². The summed E-state index contributed by atoms with van der Waals surface area (Å²) in [4.78, 5) is 11.8. The minimum absolute atomic E-state index is 0.912. The van der Waals surface area contributed by atoms with Crippen molar-refractivity contribution in [3.05, 3.63) is 0 Å². The molecule has 0 rings (SSSR count). The monoisotopic (exact) mass is 176 g/mol. The van der Waals surface area contributed by atoms with Gasteiger partial charge in [-0.15, -0.1) is 12.6 Å². The normalized spacial score (nSPS) is 10.9. The first-order chi connectivity index (χ1) is 4.54. The van der Waals surface area contributed by atoms with Gasteiger partial charge in [-0.2, -0.15) is 0 Å². The fourth-order valence-electron chi connectivity index (χ4n) is 0. The molecular weight excluding hydrogens is 169 g/mol. The number of carbonyl (C=O) groups is 1. The van der Waals surface area contributed by atoms with Crippen LogP contribution in [0, 0.1) is 0 Å². The van der Waals surface area contributed by atoms with Crippen LogP contribution in [0.2, 0.25) is 0 Å². The van der Waals surface area contributed by atoms with Gasteiger partial charge in [0, 0.05) is 11.4 Å². The first-order valence-electron chi connectivity index (χ1n) is 2.21. The van der Waals surface area contributed by atoms with E-state index in [1.54, 1.807) is 0 Å². The van der Waals surface area contributed by atoms with Crippen LogP contribution in [0.25, 0.3) is 0 Å². The van der Waals surface area contributed by atoms with E-state index in [4.69, 9.17) is 0 Å². The first-order valence-corrected chi connectivity index (χ1v) is 2.73. The van der Waals surface area contributed by atoms with Gasteiger partial charge in [-0.3, -0.25) is 4.94 Å². The van der Waals surface area contributed by atoms with Crippen molar-refractivity contribution in [2.45, 2.75) is 12.4 Å². The van der Waals surface area contributed by atoms with Crippen molar-refractivity contribution in [3.63, 3.8) is 0 Å². The summed E-state index contributed by atoms with van der Waals surface area (Å²) in [5, 5.41) is 0. The maximum absolute atomic E-state index is 10.9. The van der Waals surface area contributed by atoms with Gasteiger partial charge in [-0.05, 0) is 0 Å². The molecular formula is C4H7F3O2S. The van der Waals surface area contributed by atoms with Crippen LogP contribution in [0.3, 0.4) is 0 Å². The topological polar surface area (TPSA) is 26.3 Å². The molecule has 0 saturated carbocycles. The molecule has 0 aromatic rings. The van der Waals surface area contributed by atoms with Gasteiger partial charge in [-0.1, -0.05) is 0 Å². The van der Waals surface area contributed by atoms with Crippen LogP contribution in [0.15, 0.2) is 0 Å². The number of halogens is 3. The number of hydrogen-bond acceptors (Lipinski definition) is 3. The summed E-state index contributed by atoms with van der Waals surface area (Å²) in [6.45, 7) is -0.0108. The Labute approximate surface area is 61.7 Å². The van der Waals surface area contributed by atoms with Gasteiger partial charge in [0.25, 0.3) is 0 Å². The van der Waals surface area contributed by atoms with E-state index >= 15 is 0 Å². The Morgan fingerprint density at radius 1 is 1.80 bits per heavy atom. The minimum Gasteiger partial charge on any atom is -0.255 e. The van der Waals surface area contributed by atoms with Crippen LogP contribution in [0.5, 0.6) is 0 Å². The zero-order valence-electron chi connectivity index (χ0n) is 5.18. The lowest BCUT2D eigenvalue weighted by Gasteiger charge is -1.82. The van der Waals surface area contributed by atoms with E-state index in [2.05, 4.69) is 17.6 Å². The number of hydrogen-bond donors (Lipinski definition) is 1. The molecule has 0 bridgehead atoms. The maximum atomic E-state index is 10.9. The Kier molecular flexibility index (Phi) is 10.6. The van der Waals surface area contributed by atoms with Crippen molar-refractivity contribution in [3.8, 4) is 0 Å². The molecule has 0 fully saturated rings. The lowest BCUT2D eigenvalue weighted by atomic mass is 10.9. The van der Waals surface area contributed by atoms with Gasteiger partial charge >= 0.3 is 5.97 Å². The minimum atomic E-state index is -1.59. The Balaban J connectivity index is 0. The van der Waals surface area contributed by atoms with Crippen molar-refractivity contribution >= 4 is 18.6 Å².